The van der Waals surface area contributed by atoms with Crippen molar-refractivity contribution in [2.45, 2.75) is 19.2 Å². The highest BCUT2D eigenvalue weighted by atomic mass is 35.5. The summed E-state index contributed by atoms with van der Waals surface area (Å²) in [5, 5.41) is 2.65. The Morgan fingerprint density at radius 1 is 1.07 bits per heavy atom. The summed E-state index contributed by atoms with van der Waals surface area (Å²) in [6.07, 6.45) is 0. The van der Waals surface area contributed by atoms with Crippen LogP contribution in [0.3, 0.4) is 0 Å². The molecule has 1 atom stereocenters. The van der Waals surface area contributed by atoms with Gasteiger partial charge in [0.05, 0.1) is 5.38 Å². The maximum Gasteiger partial charge on any atom is 0.0563 e. The minimum atomic E-state index is 0.0693. The lowest BCUT2D eigenvalue weighted by atomic mass is 9.98. The summed E-state index contributed by atoms with van der Waals surface area (Å²) >= 11 is 6.15. The Hall–Kier alpha value is -1.01. The van der Waals surface area contributed by atoms with E-state index in [1.807, 2.05) is 6.92 Å². The van der Waals surface area contributed by atoms with E-state index >= 15 is 0 Å². The molecule has 0 spiro atoms. The SMILES string of the molecule is Cc1cccc2cccc(C(C)Cl)c12. The number of hydrogen-bond acceptors (Lipinski definition) is 0. The van der Waals surface area contributed by atoms with E-state index in [9.17, 15) is 0 Å². The van der Waals surface area contributed by atoms with Crippen LogP contribution < -0.4 is 0 Å². The molecule has 1 unspecified atom stereocenters. The molecule has 1 heteroatoms. The van der Waals surface area contributed by atoms with Crippen LogP contribution in [-0.2, 0) is 0 Å². The Labute approximate surface area is 89.5 Å². The fourth-order valence-corrected chi connectivity index (χ4v) is 2.08. The zero-order valence-corrected chi connectivity index (χ0v) is 9.18. The predicted molar refractivity (Wildman–Crippen MR) is 63.0 cm³/mol. The van der Waals surface area contributed by atoms with Crippen LogP contribution in [0, 0.1) is 6.92 Å². The van der Waals surface area contributed by atoms with E-state index in [1.165, 1.54) is 21.9 Å². The third kappa shape index (κ3) is 1.51. The van der Waals surface area contributed by atoms with Gasteiger partial charge in [-0.15, -0.1) is 11.6 Å². The summed E-state index contributed by atoms with van der Waals surface area (Å²) in [5.41, 5.74) is 2.52. The van der Waals surface area contributed by atoms with E-state index < -0.39 is 0 Å². The first kappa shape index (κ1) is 9.54. The van der Waals surface area contributed by atoms with Crippen molar-refractivity contribution in [3.8, 4) is 0 Å². The third-order valence-electron chi connectivity index (χ3n) is 2.57. The molecule has 0 nitrogen and oxygen atoms in total. The summed E-state index contributed by atoms with van der Waals surface area (Å²) in [4.78, 5) is 0. The lowest BCUT2D eigenvalue weighted by molar-refractivity contribution is 1.10. The number of alkyl halides is 1. The molecule has 2 aromatic rings. The van der Waals surface area contributed by atoms with Crippen LogP contribution in [0.5, 0.6) is 0 Å². The van der Waals surface area contributed by atoms with Crippen LogP contribution >= 0.6 is 11.6 Å². The molecule has 0 saturated heterocycles. The summed E-state index contributed by atoms with van der Waals surface area (Å²) in [6.45, 7) is 4.15. The van der Waals surface area contributed by atoms with Crippen molar-refractivity contribution < 1.29 is 0 Å². The Kier molecular flexibility index (Phi) is 2.47. The highest BCUT2D eigenvalue weighted by molar-refractivity contribution is 6.21. The molecule has 0 radical (unpaired) electrons. The van der Waals surface area contributed by atoms with Crippen molar-refractivity contribution in [1.82, 2.24) is 0 Å². The van der Waals surface area contributed by atoms with Gasteiger partial charge in [-0.1, -0.05) is 36.4 Å². The van der Waals surface area contributed by atoms with E-state index in [4.69, 9.17) is 11.6 Å². The zero-order valence-electron chi connectivity index (χ0n) is 8.42. The molecule has 72 valence electrons. The standard InChI is InChI=1S/C13H13Cl/c1-9-5-3-6-11-7-4-8-12(10(2)14)13(9)11/h3-8,10H,1-2H3. The second-order valence-corrected chi connectivity index (χ2v) is 4.29. The number of benzene rings is 2. The maximum atomic E-state index is 6.15. The van der Waals surface area contributed by atoms with Crippen molar-refractivity contribution in [2.24, 2.45) is 0 Å². The predicted octanol–water partition coefficient (Wildman–Crippen LogP) is 4.45. The molecule has 0 aliphatic heterocycles. The van der Waals surface area contributed by atoms with E-state index in [1.54, 1.807) is 0 Å². The van der Waals surface area contributed by atoms with Crippen molar-refractivity contribution in [1.29, 1.82) is 0 Å². The minimum Gasteiger partial charge on any atom is -0.118 e. The molecule has 14 heavy (non-hydrogen) atoms. The van der Waals surface area contributed by atoms with E-state index in [-0.39, 0.29) is 5.38 Å². The Bertz CT molecular complexity index is 452. The van der Waals surface area contributed by atoms with Crippen molar-refractivity contribution in [2.75, 3.05) is 0 Å². The zero-order chi connectivity index (χ0) is 10.1. The average Bonchev–Trinajstić information content (AvgIpc) is 2.17. The van der Waals surface area contributed by atoms with Crippen molar-refractivity contribution in [3.63, 3.8) is 0 Å². The van der Waals surface area contributed by atoms with Gasteiger partial charge in [0.2, 0.25) is 0 Å². The van der Waals surface area contributed by atoms with Crippen LogP contribution in [0.25, 0.3) is 10.8 Å². The van der Waals surface area contributed by atoms with Gasteiger partial charge in [-0.05, 0) is 35.7 Å². The molecule has 2 aromatic carbocycles. The molecule has 2 rings (SSSR count). The summed E-state index contributed by atoms with van der Waals surface area (Å²) < 4.78 is 0. The van der Waals surface area contributed by atoms with Gasteiger partial charge in [-0.2, -0.15) is 0 Å². The quantitative estimate of drug-likeness (QED) is 0.603. The summed E-state index contributed by atoms with van der Waals surface area (Å²) in [5.74, 6) is 0. The van der Waals surface area contributed by atoms with Gasteiger partial charge in [0.15, 0.2) is 0 Å². The van der Waals surface area contributed by atoms with Gasteiger partial charge in [-0.3, -0.25) is 0 Å². The highest BCUT2D eigenvalue weighted by Crippen LogP contribution is 2.29. The maximum absolute atomic E-state index is 6.15. The molecule has 0 aromatic heterocycles. The van der Waals surface area contributed by atoms with Gasteiger partial charge in [0, 0.05) is 0 Å². The van der Waals surface area contributed by atoms with Gasteiger partial charge in [-0.25, -0.2) is 0 Å². The summed E-state index contributed by atoms with van der Waals surface area (Å²) in [6, 6.07) is 12.6. The van der Waals surface area contributed by atoms with Crippen molar-refractivity contribution in [3.05, 3.63) is 47.5 Å². The molecular weight excluding hydrogens is 192 g/mol. The monoisotopic (exact) mass is 204 g/mol. The minimum absolute atomic E-state index is 0.0693. The lowest BCUT2D eigenvalue weighted by Crippen LogP contribution is -1.89. The van der Waals surface area contributed by atoms with Gasteiger partial charge in [0.1, 0.15) is 0 Å². The highest BCUT2D eigenvalue weighted by Gasteiger charge is 2.07. The average molecular weight is 205 g/mol. The molecule has 0 heterocycles. The van der Waals surface area contributed by atoms with Gasteiger partial charge in [0.25, 0.3) is 0 Å². The second kappa shape index (κ2) is 3.62. The first-order valence-corrected chi connectivity index (χ1v) is 5.26. The topological polar surface area (TPSA) is 0 Å². The fraction of sp³-hybridized carbons (Fsp3) is 0.231. The number of rotatable bonds is 1. The van der Waals surface area contributed by atoms with Crippen LogP contribution in [0.15, 0.2) is 36.4 Å². The molecule has 0 aliphatic rings. The van der Waals surface area contributed by atoms with E-state index in [2.05, 4.69) is 43.3 Å². The summed E-state index contributed by atoms with van der Waals surface area (Å²) in [7, 11) is 0. The smallest absolute Gasteiger partial charge is 0.0563 e. The van der Waals surface area contributed by atoms with Crippen LogP contribution in [0.2, 0.25) is 0 Å². The van der Waals surface area contributed by atoms with E-state index in [0.717, 1.165) is 0 Å². The molecule has 0 N–H and O–H groups in total. The second-order valence-electron chi connectivity index (χ2n) is 3.64. The Morgan fingerprint density at radius 2 is 1.71 bits per heavy atom. The van der Waals surface area contributed by atoms with Crippen LogP contribution in [0.4, 0.5) is 0 Å². The number of fused-ring (bicyclic) bond motifs is 1. The largest absolute Gasteiger partial charge is 0.118 e. The fourth-order valence-electron chi connectivity index (χ4n) is 1.89. The molecular formula is C13H13Cl. The normalized spacial score (nSPS) is 13.1. The lowest BCUT2D eigenvalue weighted by Gasteiger charge is -2.10. The molecule has 0 aliphatic carbocycles. The van der Waals surface area contributed by atoms with Gasteiger partial charge >= 0.3 is 0 Å². The number of halogens is 1. The van der Waals surface area contributed by atoms with Crippen molar-refractivity contribution >= 4 is 22.4 Å². The molecule has 0 saturated carbocycles. The number of hydrogen-bond donors (Lipinski definition) is 0. The molecule has 0 amide bonds. The molecule has 0 bridgehead atoms. The van der Waals surface area contributed by atoms with E-state index in [0.29, 0.717) is 0 Å². The number of aryl methyl sites for hydroxylation is 1. The molecule has 0 fully saturated rings. The van der Waals surface area contributed by atoms with Crippen LogP contribution in [0.1, 0.15) is 23.4 Å². The third-order valence-corrected chi connectivity index (χ3v) is 2.81. The van der Waals surface area contributed by atoms with Gasteiger partial charge < -0.3 is 0 Å². The first-order valence-electron chi connectivity index (χ1n) is 4.82. The van der Waals surface area contributed by atoms with Crippen LogP contribution in [-0.4, -0.2) is 0 Å². The first-order chi connectivity index (χ1) is 6.70. The Morgan fingerprint density at radius 3 is 2.36 bits per heavy atom. The Balaban J connectivity index is 2.84.